The number of amides is 1. The third-order valence-electron chi connectivity index (χ3n) is 4.75. The summed E-state index contributed by atoms with van der Waals surface area (Å²) in [4.78, 5) is 14.9. The molecule has 2 heterocycles. The standard InChI is InChI=1S/C15H22BrNOS/c1-14(2)5-11-6-15(3,8-14)9-17(11)13(18)10-4-12(16)19-7-10/h4,10-11H,5-9H2,1-3H3. The SMILES string of the molecule is CC1(C)CC2CC(C)(CN2C(=O)C2C=C(Br)SC2)C1. The van der Waals surface area contributed by atoms with Gasteiger partial charge in [0.1, 0.15) is 0 Å². The third kappa shape index (κ3) is 2.63. The second-order valence-electron chi connectivity index (χ2n) is 7.57. The highest BCUT2D eigenvalue weighted by Crippen LogP contribution is 2.53. The lowest BCUT2D eigenvalue weighted by atomic mass is 9.65. The highest BCUT2D eigenvalue weighted by Gasteiger charge is 2.51. The van der Waals surface area contributed by atoms with Crippen LogP contribution in [0.5, 0.6) is 0 Å². The second kappa shape index (κ2) is 4.52. The molecule has 2 nitrogen and oxygen atoms in total. The van der Waals surface area contributed by atoms with Gasteiger partial charge in [0.25, 0.3) is 0 Å². The summed E-state index contributed by atoms with van der Waals surface area (Å²) in [5, 5.41) is 0. The molecule has 1 amide bonds. The first kappa shape index (κ1) is 14.0. The van der Waals surface area contributed by atoms with Gasteiger partial charge in [-0.3, -0.25) is 4.79 Å². The summed E-state index contributed by atoms with van der Waals surface area (Å²) in [7, 11) is 0. The Bertz CT molecular complexity index is 447. The number of hydrogen-bond acceptors (Lipinski definition) is 2. The first-order chi connectivity index (χ1) is 8.78. The summed E-state index contributed by atoms with van der Waals surface area (Å²) in [6, 6.07) is 0.471. The van der Waals surface area contributed by atoms with Crippen molar-refractivity contribution in [2.75, 3.05) is 12.3 Å². The van der Waals surface area contributed by atoms with Crippen LogP contribution in [0.25, 0.3) is 0 Å². The fraction of sp³-hybridized carbons (Fsp3) is 0.800. The van der Waals surface area contributed by atoms with Crippen LogP contribution in [-0.4, -0.2) is 29.1 Å². The molecule has 1 saturated carbocycles. The quantitative estimate of drug-likeness (QED) is 0.716. The molecule has 1 saturated heterocycles. The molecule has 4 heteroatoms. The van der Waals surface area contributed by atoms with Crippen LogP contribution < -0.4 is 0 Å². The van der Waals surface area contributed by atoms with Crippen molar-refractivity contribution in [2.24, 2.45) is 16.7 Å². The second-order valence-corrected chi connectivity index (χ2v) is 10.0. The van der Waals surface area contributed by atoms with E-state index in [1.807, 2.05) is 0 Å². The maximum Gasteiger partial charge on any atom is 0.230 e. The first-order valence-corrected chi connectivity index (χ1v) is 8.87. The fourth-order valence-electron chi connectivity index (χ4n) is 4.50. The van der Waals surface area contributed by atoms with Crippen molar-refractivity contribution in [1.29, 1.82) is 0 Å². The zero-order chi connectivity index (χ0) is 13.8. The predicted molar refractivity (Wildman–Crippen MR) is 84.2 cm³/mol. The molecule has 0 N–H and O–H groups in total. The molecule has 3 unspecified atom stereocenters. The molecule has 3 rings (SSSR count). The molecule has 0 aromatic carbocycles. The van der Waals surface area contributed by atoms with Crippen LogP contribution in [0.4, 0.5) is 0 Å². The largest absolute Gasteiger partial charge is 0.339 e. The van der Waals surface area contributed by atoms with E-state index in [0.29, 0.717) is 22.8 Å². The van der Waals surface area contributed by atoms with Gasteiger partial charge in [0.15, 0.2) is 0 Å². The van der Waals surface area contributed by atoms with Gasteiger partial charge in [-0.25, -0.2) is 0 Å². The minimum absolute atomic E-state index is 0.0884. The van der Waals surface area contributed by atoms with Crippen molar-refractivity contribution in [2.45, 2.75) is 46.1 Å². The molecule has 106 valence electrons. The Kier molecular flexibility index (Phi) is 3.33. The van der Waals surface area contributed by atoms with Gasteiger partial charge in [-0.05, 0) is 46.0 Å². The van der Waals surface area contributed by atoms with Gasteiger partial charge in [0.05, 0.1) is 5.92 Å². The van der Waals surface area contributed by atoms with E-state index in [2.05, 4.69) is 47.7 Å². The molecule has 2 fully saturated rings. The van der Waals surface area contributed by atoms with Gasteiger partial charge in [-0.15, -0.1) is 11.8 Å². The van der Waals surface area contributed by atoms with Crippen LogP contribution in [0.1, 0.15) is 40.0 Å². The number of nitrogens with zero attached hydrogens (tertiary/aromatic N) is 1. The van der Waals surface area contributed by atoms with Gasteiger partial charge < -0.3 is 4.90 Å². The summed E-state index contributed by atoms with van der Waals surface area (Å²) in [5.41, 5.74) is 0.725. The van der Waals surface area contributed by atoms with Crippen molar-refractivity contribution >= 4 is 33.6 Å². The van der Waals surface area contributed by atoms with Crippen LogP contribution in [0.15, 0.2) is 9.89 Å². The lowest BCUT2D eigenvalue weighted by Crippen LogP contribution is -2.40. The smallest absolute Gasteiger partial charge is 0.230 e. The van der Waals surface area contributed by atoms with Gasteiger partial charge in [-0.1, -0.05) is 26.8 Å². The van der Waals surface area contributed by atoms with Gasteiger partial charge in [0.2, 0.25) is 5.91 Å². The number of carbonyl (C=O) groups excluding carboxylic acids is 1. The minimum atomic E-state index is 0.0884. The van der Waals surface area contributed by atoms with E-state index in [4.69, 9.17) is 0 Å². The molecule has 19 heavy (non-hydrogen) atoms. The number of hydrogen-bond donors (Lipinski definition) is 0. The predicted octanol–water partition coefficient (Wildman–Crippen LogP) is 4.01. The number of rotatable bonds is 1. The van der Waals surface area contributed by atoms with Crippen LogP contribution in [-0.2, 0) is 4.79 Å². The number of halogens is 1. The van der Waals surface area contributed by atoms with E-state index >= 15 is 0 Å². The Morgan fingerprint density at radius 3 is 2.79 bits per heavy atom. The van der Waals surface area contributed by atoms with Crippen LogP contribution in [0, 0.1) is 16.7 Å². The molecule has 0 radical (unpaired) electrons. The summed E-state index contributed by atoms with van der Waals surface area (Å²) < 4.78 is 1.12. The zero-order valence-corrected chi connectivity index (χ0v) is 14.3. The third-order valence-corrected chi connectivity index (χ3v) is 6.64. The Hall–Kier alpha value is 0.0400. The minimum Gasteiger partial charge on any atom is -0.339 e. The summed E-state index contributed by atoms with van der Waals surface area (Å²) in [5.74, 6) is 1.35. The highest BCUT2D eigenvalue weighted by atomic mass is 79.9. The monoisotopic (exact) mass is 343 g/mol. The number of fused-ring (bicyclic) bond motifs is 2. The summed E-state index contributed by atoms with van der Waals surface area (Å²) in [6.07, 6.45) is 5.70. The number of thioether (sulfide) groups is 1. The normalized spacial score (nSPS) is 40.4. The molecule has 2 aliphatic heterocycles. The van der Waals surface area contributed by atoms with Crippen LogP contribution >= 0.6 is 27.7 Å². The van der Waals surface area contributed by atoms with Crippen LogP contribution in [0.2, 0.25) is 0 Å². The molecule has 3 aliphatic rings. The molecular formula is C15H22BrNOS. The number of carbonyl (C=O) groups is 1. The van der Waals surface area contributed by atoms with Gasteiger partial charge in [-0.2, -0.15) is 0 Å². The van der Waals surface area contributed by atoms with Crippen molar-refractivity contribution in [3.8, 4) is 0 Å². The van der Waals surface area contributed by atoms with Gasteiger partial charge >= 0.3 is 0 Å². The fourth-order valence-corrected chi connectivity index (χ4v) is 6.05. The Morgan fingerprint density at radius 1 is 1.42 bits per heavy atom. The molecule has 0 aromatic rings. The van der Waals surface area contributed by atoms with Crippen molar-refractivity contribution < 1.29 is 4.79 Å². The molecule has 0 spiro atoms. The summed E-state index contributed by atoms with van der Waals surface area (Å²) >= 11 is 5.24. The highest BCUT2D eigenvalue weighted by molar-refractivity contribution is 9.14. The molecular weight excluding hydrogens is 322 g/mol. The van der Waals surface area contributed by atoms with Crippen LogP contribution in [0.3, 0.4) is 0 Å². The lowest BCUT2D eigenvalue weighted by Gasteiger charge is -2.39. The summed E-state index contributed by atoms with van der Waals surface area (Å²) in [6.45, 7) is 8.04. The Labute approximate surface area is 128 Å². The molecule has 2 bridgehead atoms. The van der Waals surface area contributed by atoms with Crippen molar-refractivity contribution in [3.05, 3.63) is 9.89 Å². The van der Waals surface area contributed by atoms with Crippen molar-refractivity contribution in [1.82, 2.24) is 4.90 Å². The average molecular weight is 344 g/mol. The van der Waals surface area contributed by atoms with E-state index in [0.717, 1.165) is 16.1 Å². The lowest BCUT2D eigenvalue weighted by molar-refractivity contribution is -0.134. The van der Waals surface area contributed by atoms with Crippen molar-refractivity contribution in [3.63, 3.8) is 0 Å². The molecule has 1 aliphatic carbocycles. The van der Waals surface area contributed by atoms with E-state index in [-0.39, 0.29) is 5.92 Å². The zero-order valence-electron chi connectivity index (χ0n) is 11.9. The maximum absolute atomic E-state index is 12.7. The Balaban J connectivity index is 1.78. The van der Waals surface area contributed by atoms with Gasteiger partial charge in [0, 0.05) is 22.2 Å². The maximum atomic E-state index is 12.7. The molecule has 3 atom stereocenters. The van der Waals surface area contributed by atoms with E-state index < -0.39 is 0 Å². The molecule has 0 aromatic heterocycles. The van der Waals surface area contributed by atoms with E-state index in [1.54, 1.807) is 11.8 Å². The first-order valence-electron chi connectivity index (χ1n) is 7.09. The number of likely N-dealkylation sites (tertiary alicyclic amines) is 1. The average Bonchev–Trinajstić information content (AvgIpc) is 2.78. The topological polar surface area (TPSA) is 20.3 Å². The Morgan fingerprint density at radius 2 is 2.16 bits per heavy atom. The van der Waals surface area contributed by atoms with E-state index in [9.17, 15) is 4.79 Å². The van der Waals surface area contributed by atoms with E-state index in [1.165, 1.54) is 19.3 Å².